The van der Waals surface area contributed by atoms with E-state index in [9.17, 15) is 54.9 Å². The van der Waals surface area contributed by atoms with E-state index in [1.54, 1.807) is 0 Å². The van der Waals surface area contributed by atoms with Gasteiger partial charge in [0.1, 0.15) is 48.8 Å². The number of ether oxygens (including phenoxy) is 3. The third kappa shape index (κ3) is 15.9. The molecule has 2 fully saturated rings. The van der Waals surface area contributed by atoms with E-state index >= 15 is 0 Å². The average Bonchev–Trinajstić information content (AvgIpc) is 2.90. The summed E-state index contributed by atoms with van der Waals surface area (Å²) >= 11 is 0. The first kappa shape index (κ1) is 46.5. The summed E-state index contributed by atoms with van der Waals surface area (Å²) in [5.41, 5.74) is 0. The van der Waals surface area contributed by atoms with Crippen LogP contribution in [0.4, 0.5) is 0 Å². The molecule has 2 aliphatic heterocycles. The normalized spacial score (nSPS) is 31.2. The van der Waals surface area contributed by atoms with Crippen molar-refractivity contribution in [1.29, 1.82) is 0 Å². The van der Waals surface area contributed by atoms with E-state index in [4.69, 9.17) is 39.7 Å². The van der Waals surface area contributed by atoms with E-state index in [-0.39, 0.29) is 75.1 Å². The molecule has 0 spiro atoms. The SMILES string of the molecule is O=C(O)CN(CCN(CC(=O)O)CC(=O)O)CC(=O)O.OC[C@H]1O[C@@H](O[C@H]2[C@H](O)[C@@H](O)[C@H](O)O[C@@H]2CO)[C@H](O)[C@@H](O)[C@H]1O.[H-].[H-].[Na+].[Na+]. The number of hydrogen-bond donors (Lipinski definition) is 12. The van der Waals surface area contributed by atoms with Crippen molar-refractivity contribution in [3.8, 4) is 0 Å². The summed E-state index contributed by atoms with van der Waals surface area (Å²) in [4.78, 5) is 44.4. The van der Waals surface area contributed by atoms with Crippen molar-refractivity contribution in [2.24, 2.45) is 0 Å². The van der Waals surface area contributed by atoms with Crippen molar-refractivity contribution in [3.63, 3.8) is 0 Å². The van der Waals surface area contributed by atoms with Gasteiger partial charge in [0.2, 0.25) is 0 Å². The molecule has 2 rings (SSSR count). The molecule has 12 N–H and O–H groups in total. The van der Waals surface area contributed by atoms with Gasteiger partial charge in [-0.25, -0.2) is 0 Å². The summed E-state index contributed by atoms with van der Waals surface area (Å²) < 4.78 is 15.3. The van der Waals surface area contributed by atoms with Crippen LogP contribution in [0.5, 0.6) is 0 Å². The molecule has 254 valence electrons. The maximum absolute atomic E-state index is 10.6. The molecular formula is C22H40N2Na2O19. The van der Waals surface area contributed by atoms with Crippen molar-refractivity contribution < 1.29 is 157 Å². The number of carboxylic acids is 4. The van der Waals surface area contributed by atoms with Gasteiger partial charge in [-0.3, -0.25) is 29.0 Å². The maximum Gasteiger partial charge on any atom is 1.00 e. The van der Waals surface area contributed by atoms with Crippen molar-refractivity contribution in [2.75, 3.05) is 52.5 Å². The molecule has 2 saturated heterocycles. The van der Waals surface area contributed by atoms with E-state index in [2.05, 4.69) is 0 Å². The molecule has 0 amide bonds. The van der Waals surface area contributed by atoms with Gasteiger partial charge in [-0.1, -0.05) is 0 Å². The first-order valence-electron chi connectivity index (χ1n) is 12.6. The van der Waals surface area contributed by atoms with Crippen molar-refractivity contribution >= 4 is 23.9 Å². The van der Waals surface area contributed by atoms with Crippen LogP contribution in [0, 0.1) is 0 Å². The van der Waals surface area contributed by atoms with Crippen molar-refractivity contribution in [1.82, 2.24) is 9.80 Å². The summed E-state index contributed by atoms with van der Waals surface area (Å²) in [5, 5.41) is 111. The number of rotatable bonds is 15. The minimum Gasteiger partial charge on any atom is -1.00 e. The minimum atomic E-state index is -1.74. The Morgan fingerprint density at radius 3 is 1.33 bits per heavy atom. The summed E-state index contributed by atoms with van der Waals surface area (Å²) in [6.45, 7) is -3.60. The Bertz CT molecular complexity index is 862. The largest absolute Gasteiger partial charge is 1.00 e. The molecule has 0 aromatic carbocycles. The molecule has 0 saturated carbocycles. The smallest absolute Gasteiger partial charge is 1.00 e. The quantitative estimate of drug-likeness (QED) is 0.0713. The number of aliphatic hydroxyl groups excluding tert-OH is 8. The molecule has 10 atom stereocenters. The Balaban J connectivity index is -0.000000366. The van der Waals surface area contributed by atoms with E-state index in [0.29, 0.717) is 0 Å². The van der Waals surface area contributed by atoms with E-state index in [1.807, 2.05) is 0 Å². The van der Waals surface area contributed by atoms with Crippen LogP contribution >= 0.6 is 0 Å². The second-order valence-electron chi connectivity index (χ2n) is 9.52. The van der Waals surface area contributed by atoms with E-state index < -0.39 is 125 Å². The zero-order valence-corrected chi connectivity index (χ0v) is 28.5. The van der Waals surface area contributed by atoms with Crippen LogP contribution in [-0.4, -0.2) is 209 Å². The number of nitrogens with zero attached hydrogens (tertiary/aromatic N) is 2. The molecule has 2 aliphatic rings. The predicted octanol–water partition coefficient (Wildman–Crippen LogP) is -13.2. The number of carboxylic acid groups (broad SMARTS) is 4. The molecule has 0 bridgehead atoms. The fourth-order valence-corrected chi connectivity index (χ4v) is 4.05. The van der Waals surface area contributed by atoms with Crippen LogP contribution in [-0.2, 0) is 33.4 Å². The third-order valence-electron chi connectivity index (χ3n) is 6.15. The van der Waals surface area contributed by atoms with Crippen LogP contribution in [0.25, 0.3) is 0 Å². The van der Waals surface area contributed by atoms with Gasteiger partial charge in [0.15, 0.2) is 12.6 Å². The van der Waals surface area contributed by atoms with E-state index in [1.165, 1.54) is 0 Å². The number of aliphatic hydroxyl groups is 8. The van der Waals surface area contributed by atoms with Crippen molar-refractivity contribution in [2.45, 2.75) is 61.4 Å². The monoisotopic (exact) mass is 682 g/mol. The predicted molar refractivity (Wildman–Crippen MR) is 134 cm³/mol. The fourth-order valence-electron chi connectivity index (χ4n) is 4.05. The van der Waals surface area contributed by atoms with Gasteiger partial charge < -0.3 is 78.3 Å². The molecule has 21 nitrogen and oxygen atoms in total. The molecule has 0 radical (unpaired) electrons. The Hall–Kier alpha value is -0.640. The van der Waals surface area contributed by atoms with Gasteiger partial charge in [0, 0.05) is 13.1 Å². The first-order chi connectivity index (χ1) is 20.0. The fraction of sp³-hybridized carbons (Fsp3) is 0.818. The Morgan fingerprint density at radius 2 is 0.978 bits per heavy atom. The number of hydrogen-bond acceptors (Lipinski definition) is 17. The first-order valence-corrected chi connectivity index (χ1v) is 12.6. The standard InChI is InChI=1S/C12H22O11.C10H16N2O8.2Na.2H/c13-1-3-5(15)6(16)9(19)12(22-3)23-10-4(2-14)21-11(20)8(18)7(10)17;13-7(14)3-11(4-8(15)16)1-2-12(5-9(17)18)6-10(19)20;;;;/h3-20H,1-2H2;1-6H2,(H,13,14)(H,15,16)(H,17,18)(H,19,20);;;;/q;;2*+1;2*-1/t3-,4-,5+,6+,7-,8-,9-,10-,11-,12+;;;;;/m1...../s1. The van der Waals surface area contributed by atoms with Crippen molar-refractivity contribution in [3.05, 3.63) is 0 Å². The van der Waals surface area contributed by atoms with Gasteiger partial charge in [0.05, 0.1) is 39.4 Å². The number of carbonyl (C=O) groups is 4. The van der Waals surface area contributed by atoms with Crippen LogP contribution in [0.3, 0.4) is 0 Å². The zero-order chi connectivity index (χ0) is 33.0. The maximum atomic E-state index is 10.6. The second kappa shape index (κ2) is 22.8. The average molecular weight is 683 g/mol. The van der Waals surface area contributed by atoms with Crippen LogP contribution in [0.1, 0.15) is 2.85 Å². The van der Waals surface area contributed by atoms with Gasteiger partial charge in [0.25, 0.3) is 0 Å². The van der Waals surface area contributed by atoms with Gasteiger partial charge in [-0.15, -0.1) is 0 Å². The molecule has 0 unspecified atom stereocenters. The summed E-state index contributed by atoms with van der Waals surface area (Å²) in [5.74, 6) is -4.91. The molecular weight excluding hydrogens is 642 g/mol. The van der Waals surface area contributed by atoms with Crippen LogP contribution in [0.15, 0.2) is 0 Å². The second-order valence-corrected chi connectivity index (χ2v) is 9.52. The topological polar surface area (TPSA) is 345 Å². The van der Waals surface area contributed by atoms with Gasteiger partial charge >= 0.3 is 83.0 Å². The molecule has 23 heteroatoms. The van der Waals surface area contributed by atoms with Crippen LogP contribution < -0.4 is 59.1 Å². The zero-order valence-electron chi connectivity index (χ0n) is 26.5. The summed E-state index contributed by atoms with van der Waals surface area (Å²) in [6, 6.07) is 0. The van der Waals surface area contributed by atoms with Gasteiger partial charge in [-0.05, 0) is 0 Å². The Labute approximate surface area is 302 Å². The Morgan fingerprint density at radius 1 is 0.578 bits per heavy atom. The molecule has 45 heavy (non-hydrogen) atoms. The van der Waals surface area contributed by atoms with Crippen LogP contribution in [0.2, 0.25) is 0 Å². The molecule has 0 aromatic heterocycles. The van der Waals surface area contributed by atoms with Gasteiger partial charge in [-0.2, -0.15) is 0 Å². The molecule has 0 aliphatic carbocycles. The Kier molecular flexibility index (Phi) is 23.6. The minimum absolute atomic E-state index is 0. The molecule has 0 aromatic rings. The molecule has 2 heterocycles. The summed E-state index contributed by atoms with van der Waals surface area (Å²) in [7, 11) is 0. The van der Waals surface area contributed by atoms with E-state index in [0.717, 1.165) is 9.80 Å². The third-order valence-corrected chi connectivity index (χ3v) is 6.15. The number of aliphatic carboxylic acids is 4. The summed E-state index contributed by atoms with van der Waals surface area (Å²) in [6.07, 6.45) is -15.6.